The first kappa shape index (κ1) is 29.8. The average Bonchev–Trinajstić information content (AvgIpc) is 2.67. The molecule has 0 aliphatic carbocycles. The van der Waals surface area contributed by atoms with Crippen molar-refractivity contribution >= 4 is 52.4 Å². The molecule has 188 valence electrons. The van der Waals surface area contributed by atoms with E-state index in [0.717, 1.165) is 0 Å². The van der Waals surface area contributed by atoms with Crippen molar-refractivity contribution in [2.24, 2.45) is 5.92 Å². The van der Waals surface area contributed by atoms with Gasteiger partial charge in [0.05, 0.1) is 0 Å². The lowest BCUT2D eigenvalue weighted by Crippen LogP contribution is -2.47. The Kier molecular flexibility index (Phi) is 11.9. The van der Waals surface area contributed by atoms with Crippen molar-refractivity contribution in [1.29, 1.82) is 5.41 Å². The average molecular weight is 513 g/mol. The number of rotatable bonds is 13. The van der Waals surface area contributed by atoms with E-state index in [1.54, 1.807) is 39.0 Å². The van der Waals surface area contributed by atoms with Crippen molar-refractivity contribution in [1.82, 2.24) is 5.32 Å². The fourth-order valence-electron chi connectivity index (χ4n) is 3.14. The summed E-state index contributed by atoms with van der Waals surface area (Å²) >= 11 is 12.1. The Morgan fingerprint density at radius 2 is 1.56 bits per heavy atom. The van der Waals surface area contributed by atoms with Gasteiger partial charge in [-0.25, -0.2) is 4.79 Å². The molecule has 0 aromatic heterocycles. The largest absolute Gasteiger partial charge is 0.458 e. The fourth-order valence-corrected chi connectivity index (χ4v) is 3.67. The predicted octanol–water partition coefficient (Wildman–Crippen LogP) is 5.13. The quantitative estimate of drug-likeness (QED) is 0.281. The molecule has 0 bridgehead atoms. The van der Waals surface area contributed by atoms with Gasteiger partial charge in [-0.05, 0) is 50.8 Å². The highest BCUT2D eigenvalue weighted by Gasteiger charge is 2.29. The fraction of sp³-hybridized carbons (Fsp3) is 0.560. The first-order valence-corrected chi connectivity index (χ1v) is 12.0. The van der Waals surface area contributed by atoms with Crippen molar-refractivity contribution in [2.45, 2.75) is 84.8 Å². The zero-order valence-corrected chi connectivity index (χ0v) is 21.9. The van der Waals surface area contributed by atoms with Crippen LogP contribution in [0.4, 0.5) is 0 Å². The molecule has 1 aromatic rings. The van der Waals surface area contributed by atoms with E-state index in [0.29, 0.717) is 15.6 Å². The SMILES string of the molecule is CC(C)[C@H](NC(=O)CCCC(=O)CC(=N)CC(=O)Cc1c(Cl)cccc1Cl)C(=O)OC(C)(C)C. The minimum atomic E-state index is -0.770. The number of Topliss-reactive ketones (excluding diaryl/α,β-unsaturated/α-hetero) is 2. The topological polar surface area (TPSA) is 113 Å². The molecule has 0 heterocycles. The number of esters is 1. The monoisotopic (exact) mass is 512 g/mol. The molecule has 1 aromatic carbocycles. The number of amides is 1. The summed E-state index contributed by atoms with van der Waals surface area (Å²) in [6, 6.07) is 4.18. The van der Waals surface area contributed by atoms with Crippen LogP contribution in [-0.2, 0) is 30.3 Å². The summed E-state index contributed by atoms with van der Waals surface area (Å²) in [5, 5.41) is 11.4. The maximum absolute atomic E-state index is 12.3. The van der Waals surface area contributed by atoms with E-state index >= 15 is 0 Å². The molecule has 0 aliphatic heterocycles. The van der Waals surface area contributed by atoms with Crippen LogP contribution in [0.5, 0.6) is 0 Å². The van der Waals surface area contributed by atoms with Crippen molar-refractivity contribution < 1.29 is 23.9 Å². The summed E-state index contributed by atoms with van der Waals surface area (Å²) in [7, 11) is 0. The highest BCUT2D eigenvalue weighted by atomic mass is 35.5. The van der Waals surface area contributed by atoms with Crippen LogP contribution in [0.2, 0.25) is 10.0 Å². The zero-order chi connectivity index (χ0) is 26.1. The number of hydrogen-bond donors (Lipinski definition) is 2. The Bertz CT molecular complexity index is 902. The number of benzene rings is 1. The summed E-state index contributed by atoms with van der Waals surface area (Å²) in [4.78, 5) is 49.0. The van der Waals surface area contributed by atoms with Crippen LogP contribution >= 0.6 is 23.2 Å². The van der Waals surface area contributed by atoms with Crippen LogP contribution in [0.25, 0.3) is 0 Å². The number of carbonyl (C=O) groups excluding carboxylic acids is 4. The van der Waals surface area contributed by atoms with Gasteiger partial charge in [-0.2, -0.15) is 0 Å². The molecule has 34 heavy (non-hydrogen) atoms. The number of halogens is 2. The summed E-state index contributed by atoms with van der Waals surface area (Å²) in [5.74, 6) is -1.48. The van der Waals surface area contributed by atoms with Crippen LogP contribution in [-0.4, -0.2) is 40.8 Å². The van der Waals surface area contributed by atoms with Gasteiger partial charge in [-0.3, -0.25) is 14.4 Å². The van der Waals surface area contributed by atoms with Gasteiger partial charge in [0, 0.05) is 47.9 Å². The lowest BCUT2D eigenvalue weighted by molar-refractivity contribution is -0.160. The molecule has 0 saturated carbocycles. The Balaban J connectivity index is 2.43. The maximum Gasteiger partial charge on any atom is 0.329 e. The predicted molar refractivity (Wildman–Crippen MR) is 134 cm³/mol. The number of hydrogen-bond acceptors (Lipinski definition) is 6. The van der Waals surface area contributed by atoms with E-state index < -0.39 is 17.6 Å². The first-order valence-electron chi connectivity index (χ1n) is 11.2. The van der Waals surface area contributed by atoms with Crippen LogP contribution in [0, 0.1) is 11.3 Å². The van der Waals surface area contributed by atoms with Crippen molar-refractivity contribution in [3.05, 3.63) is 33.8 Å². The van der Waals surface area contributed by atoms with Crippen LogP contribution in [0.15, 0.2) is 18.2 Å². The standard InChI is InChI=1S/C25H34Cl2N2O5/c1-15(2)23(24(33)34-25(3,4)5)29-22(32)11-6-8-17(30)12-16(28)13-18(31)14-19-20(26)9-7-10-21(19)27/h7,9-10,15,23,28H,6,8,11-14H2,1-5H3,(H,29,32)/t23-/m0/s1. The van der Waals surface area contributed by atoms with Gasteiger partial charge in [0.15, 0.2) is 0 Å². The molecule has 7 nitrogen and oxygen atoms in total. The smallest absolute Gasteiger partial charge is 0.329 e. The summed E-state index contributed by atoms with van der Waals surface area (Å²) in [6.45, 7) is 8.89. The molecular formula is C25H34Cl2N2O5. The van der Waals surface area contributed by atoms with Crippen LogP contribution in [0.3, 0.4) is 0 Å². The molecule has 2 N–H and O–H groups in total. The molecule has 0 saturated heterocycles. The van der Waals surface area contributed by atoms with Gasteiger partial charge in [0.2, 0.25) is 5.91 Å². The van der Waals surface area contributed by atoms with Gasteiger partial charge in [-0.1, -0.05) is 43.1 Å². The van der Waals surface area contributed by atoms with Gasteiger partial charge < -0.3 is 15.5 Å². The number of ketones is 2. The molecule has 1 amide bonds. The first-order chi connectivity index (χ1) is 15.7. The van der Waals surface area contributed by atoms with E-state index in [9.17, 15) is 19.2 Å². The molecule has 0 spiro atoms. The molecule has 1 rings (SSSR count). The molecule has 0 unspecified atom stereocenters. The maximum atomic E-state index is 12.3. The van der Waals surface area contributed by atoms with Gasteiger partial charge in [-0.15, -0.1) is 0 Å². The van der Waals surface area contributed by atoms with Crippen molar-refractivity contribution in [2.75, 3.05) is 0 Å². The third-order valence-corrected chi connectivity index (χ3v) is 5.47. The van der Waals surface area contributed by atoms with Crippen molar-refractivity contribution in [3.63, 3.8) is 0 Å². The highest BCUT2D eigenvalue weighted by molar-refractivity contribution is 6.36. The van der Waals surface area contributed by atoms with E-state index in [-0.39, 0.29) is 67.6 Å². The van der Waals surface area contributed by atoms with E-state index in [4.69, 9.17) is 33.3 Å². The lowest BCUT2D eigenvalue weighted by atomic mass is 10.0. The normalized spacial score (nSPS) is 12.2. The molecular weight excluding hydrogens is 479 g/mol. The van der Waals surface area contributed by atoms with E-state index in [2.05, 4.69) is 5.32 Å². The van der Waals surface area contributed by atoms with Crippen LogP contribution < -0.4 is 5.32 Å². The summed E-state index contributed by atoms with van der Waals surface area (Å²) < 4.78 is 5.36. The molecule has 1 atom stereocenters. The van der Waals surface area contributed by atoms with E-state index in [1.165, 1.54) is 0 Å². The molecule has 0 fully saturated rings. The Labute approximate surface area is 211 Å². The van der Waals surface area contributed by atoms with Gasteiger partial charge in [0.1, 0.15) is 23.2 Å². The minimum absolute atomic E-state index is 0.00688. The number of nitrogens with one attached hydrogen (secondary N) is 2. The lowest BCUT2D eigenvalue weighted by Gasteiger charge is -2.26. The number of carbonyl (C=O) groups is 4. The summed E-state index contributed by atoms with van der Waals surface area (Å²) in [6.07, 6.45) is 0.105. The zero-order valence-electron chi connectivity index (χ0n) is 20.4. The third kappa shape index (κ3) is 11.3. The molecule has 0 aliphatic rings. The second-order valence-electron chi connectivity index (χ2n) is 9.59. The van der Waals surface area contributed by atoms with E-state index in [1.807, 2.05) is 13.8 Å². The second-order valence-corrected chi connectivity index (χ2v) is 10.4. The van der Waals surface area contributed by atoms with Crippen molar-refractivity contribution in [3.8, 4) is 0 Å². The van der Waals surface area contributed by atoms with Gasteiger partial charge in [0.25, 0.3) is 0 Å². The van der Waals surface area contributed by atoms with Gasteiger partial charge >= 0.3 is 5.97 Å². The molecule has 0 radical (unpaired) electrons. The Hall–Kier alpha value is -2.25. The minimum Gasteiger partial charge on any atom is -0.458 e. The Morgan fingerprint density at radius 1 is 1.00 bits per heavy atom. The number of ether oxygens (including phenoxy) is 1. The molecule has 9 heteroatoms. The second kappa shape index (κ2) is 13.6. The Morgan fingerprint density at radius 3 is 2.09 bits per heavy atom. The summed E-state index contributed by atoms with van der Waals surface area (Å²) in [5.41, 5.74) is -0.146. The third-order valence-electron chi connectivity index (χ3n) is 4.76. The van der Waals surface area contributed by atoms with Crippen LogP contribution in [0.1, 0.15) is 72.3 Å². The highest BCUT2D eigenvalue weighted by Crippen LogP contribution is 2.25.